The van der Waals surface area contributed by atoms with Gasteiger partial charge in [-0.3, -0.25) is 4.79 Å². The first-order valence-electron chi connectivity index (χ1n) is 11.0. The van der Waals surface area contributed by atoms with Crippen molar-refractivity contribution in [2.24, 2.45) is 0 Å². The zero-order valence-corrected chi connectivity index (χ0v) is 19.4. The summed E-state index contributed by atoms with van der Waals surface area (Å²) in [6, 6.07) is 27.3. The van der Waals surface area contributed by atoms with Crippen LogP contribution in [0.25, 0.3) is 22.4 Å². The summed E-state index contributed by atoms with van der Waals surface area (Å²) in [5.74, 6) is 1.33. The highest BCUT2D eigenvalue weighted by Crippen LogP contribution is 2.29. The van der Waals surface area contributed by atoms with Crippen LogP contribution in [0, 0.1) is 6.92 Å². The molecular formula is C28H23NO4S. The Bertz CT molecular complexity index is 1420. The first kappa shape index (κ1) is 22.0. The van der Waals surface area contributed by atoms with Crippen LogP contribution in [0.15, 0.2) is 98.7 Å². The Morgan fingerprint density at radius 1 is 0.971 bits per heavy atom. The Morgan fingerprint density at radius 2 is 1.71 bits per heavy atom. The molecule has 5 aromatic rings. The standard InChI is InChI=1S/C28H23NO4S/c1-18-24(29-27(32-18)20-8-4-2-5-9-20)17-22-16-21-14-19(12-13-25(21)33-22)15-26(28(30)31)34-23-10-6-3-7-11-23/h2-14,16,26H,15,17H2,1H3,(H,30,31). The van der Waals surface area contributed by atoms with Gasteiger partial charge in [-0.05, 0) is 61.4 Å². The molecule has 0 saturated heterocycles. The van der Waals surface area contributed by atoms with Gasteiger partial charge in [-0.25, -0.2) is 4.98 Å². The Balaban J connectivity index is 1.34. The molecule has 0 radical (unpaired) electrons. The van der Waals surface area contributed by atoms with E-state index in [1.54, 1.807) is 0 Å². The number of hydrogen-bond donors (Lipinski definition) is 1. The van der Waals surface area contributed by atoms with Gasteiger partial charge in [-0.15, -0.1) is 11.8 Å². The zero-order valence-electron chi connectivity index (χ0n) is 18.6. The Labute approximate surface area is 201 Å². The molecule has 0 bridgehead atoms. The molecule has 0 aliphatic heterocycles. The van der Waals surface area contributed by atoms with Gasteiger partial charge in [0.1, 0.15) is 22.4 Å². The van der Waals surface area contributed by atoms with Crippen LogP contribution in [0.2, 0.25) is 0 Å². The van der Waals surface area contributed by atoms with Gasteiger partial charge in [0, 0.05) is 15.8 Å². The fourth-order valence-electron chi connectivity index (χ4n) is 3.88. The van der Waals surface area contributed by atoms with Crippen molar-refractivity contribution in [3.8, 4) is 11.5 Å². The van der Waals surface area contributed by atoms with Crippen molar-refractivity contribution >= 4 is 28.7 Å². The fourth-order valence-corrected chi connectivity index (χ4v) is 4.90. The normalized spacial score (nSPS) is 12.1. The third kappa shape index (κ3) is 4.92. The smallest absolute Gasteiger partial charge is 0.317 e. The SMILES string of the molecule is Cc1oc(-c2ccccc2)nc1Cc1cc2cc(CC(Sc3ccccc3)C(=O)O)ccc2o1. The number of aromatic nitrogens is 1. The van der Waals surface area contributed by atoms with E-state index in [1.807, 2.05) is 91.9 Å². The largest absolute Gasteiger partial charge is 0.480 e. The topological polar surface area (TPSA) is 76.5 Å². The molecule has 170 valence electrons. The minimum absolute atomic E-state index is 0.425. The second kappa shape index (κ2) is 9.61. The van der Waals surface area contributed by atoms with Crippen LogP contribution in [0.3, 0.4) is 0 Å². The van der Waals surface area contributed by atoms with Gasteiger partial charge in [0.15, 0.2) is 0 Å². The number of hydrogen-bond acceptors (Lipinski definition) is 5. The summed E-state index contributed by atoms with van der Waals surface area (Å²) in [5.41, 5.74) is 3.50. The molecule has 6 heteroatoms. The number of carboxylic acid groups (broad SMARTS) is 1. The number of furan rings is 1. The second-order valence-electron chi connectivity index (χ2n) is 8.11. The van der Waals surface area contributed by atoms with Crippen LogP contribution in [-0.4, -0.2) is 21.3 Å². The van der Waals surface area contributed by atoms with Crippen LogP contribution < -0.4 is 0 Å². The van der Waals surface area contributed by atoms with Crippen LogP contribution in [-0.2, 0) is 17.6 Å². The third-order valence-electron chi connectivity index (χ3n) is 5.60. The highest BCUT2D eigenvalue weighted by molar-refractivity contribution is 8.00. The first-order valence-corrected chi connectivity index (χ1v) is 11.9. The van der Waals surface area contributed by atoms with Gasteiger partial charge in [-0.2, -0.15) is 0 Å². The molecule has 3 aromatic carbocycles. The summed E-state index contributed by atoms with van der Waals surface area (Å²) in [6.07, 6.45) is 0.946. The van der Waals surface area contributed by atoms with Crippen molar-refractivity contribution < 1.29 is 18.7 Å². The van der Waals surface area contributed by atoms with Gasteiger partial charge in [0.25, 0.3) is 0 Å². The summed E-state index contributed by atoms with van der Waals surface area (Å²) in [5, 5.41) is 10.1. The van der Waals surface area contributed by atoms with E-state index in [2.05, 4.69) is 4.98 Å². The maximum Gasteiger partial charge on any atom is 0.317 e. The van der Waals surface area contributed by atoms with Crippen LogP contribution in [0.4, 0.5) is 0 Å². The number of carboxylic acids is 1. The molecule has 1 atom stereocenters. The summed E-state index contributed by atoms with van der Waals surface area (Å²) in [4.78, 5) is 17.5. The van der Waals surface area contributed by atoms with Crippen molar-refractivity contribution in [3.63, 3.8) is 0 Å². The Kier molecular flexibility index (Phi) is 6.23. The molecule has 5 nitrogen and oxygen atoms in total. The van der Waals surface area contributed by atoms with Crippen molar-refractivity contribution in [1.82, 2.24) is 4.98 Å². The number of aliphatic carboxylic acids is 1. The molecule has 0 aliphatic carbocycles. The fraction of sp³-hybridized carbons (Fsp3) is 0.143. The number of rotatable bonds is 8. The van der Waals surface area contributed by atoms with Crippen LogP contribution in [0.1, 0.15) is 22.8 Å². The summed E-state index contributed by atoms with van der Waals surface area (Å²) in [7, 11) is 0. The molecule has 1 N–H and O–H groups in total. The summed E-state index contributed by atoms with van der Waals surface area (Å²) >= 11 is 1.36. The van der Waals surface area contributed by atoms with E-state index < -0.39 is 11.2 Å². The maximum absolute atomic E-state index is 11.9. The van der Waals surface area contributed by atoms with Gasteiger partial charge in [0.05, 0.1) is 12.1 Å². The molecule has 0 aliphatic rings. The van der Waals surface area contributed by atoms with Gasteiger partial charge >= 0.3 is 5.97 Å². The molecule has 34 heavy (non-hydrogen) atoms. The molecule has 0 spiro atoms. The van der Waals surface area contributed by atoms with E-state index in [1.165, 1.54) is 11.8 Å². The molecule has 1 unspecified atom stereocenters. The van der Waals surface area contributed by atoms with Crippen molar-refractivity contribution in [2.45, 2.75) is 29.9 Å². The predicted molar refractivity (Wildman–Crippen MR) is 133 cm³/mol. The monoisotopic (exact) mass is 469 g/mol. The number of fused-ring (bicyclic) bond motifs is 1. The van der Waals surface area contributed by atoms with Gasteiger partial charge < -0.3 is 13.9 Å². The Morgan fingerprint density at radius 3 is 2.44 bits per heavy atom. The maximum atomic E-state index is 11.9. The third-order valence-corrected chi connectivity index (χ3v) is 6.80. The van der Waals surface area contributed by atoms with Crippen molar-refractivity contribution in [3.05, 3.63) is 108 Å². The number of aryl methyl sites for hydroxylation is 1. The van der Waals surface area contributed by atoms with E-state index >= 15 is 0 Å². The van der Waals surface area contributed by atoms with E-state index in [0.29, 0.717) is 18.7 Å². The zero-order chi connectivity index (χ0) is 23.5. The lowest BCUT2D eigenvalue weighted by Gasteiger charge is -2.12. The van der Waals surface area contributed by atoms with Gasteiger partial charge in [-0.1, -0.05) is 42.5 Å². The average Bonchev–Trinajstić information content (AvgIpc) is 3.42. The number of oxazole rings is 1. The lowest BCUT2D eigenvalue weighted by Crippen LogP contribution is -2.19. The quantitative estimate of drug-likeness (QED) is 0.253. The van der Waals surface area contributed by atoms with Gasteiger partial charge in [0.2, 0.25) is 5.89 Å². The summed E-state index contributed by atoms with van der Waals surface area (Å²) < 4.78 is 11.9. The first-order chi connectivity index (χ1) is 16.5. The minimum atomic E-state index is -0.822. The predicted octanol–water partition coefficient (Wildman–Crippen LogP) is 6.78. The number of benzene rings is 3. The molecule has 2 heterocycles. The van der Waals surface area contributed by atoms with Crippen molar-refractivity contribution in [1.29, 1.82) is 0 Å². The lowest BCUT2D eigenvalue weighted by atomic mass is 10.1. The van der Waals surface area contributed by atoms with E-state index in [0.717, 1.165) is 44.2 Å². The molecule has 5 rings (SSSR count). The molecule has 2 aromatic heterocycles. The van der Waals surface area contributed by atoms with Crippen LogP contribution >= 0.6 is 11.8 Å². The van der Waals surface area contributed by atoms with Crippen LogP contribution in [0.5, 0.6) is 0 Å². The number of thioether (sulfide) groups is 1. The average molecular weight is 470 g/mol. The summed E-state index contributed by atoms with van der Waals surface area (Å²) in [6.45, 7) is 1.91. The molecule has 0 fully saturated rings. The minimum Gasteiger partial charge on any atom is -0.480 e. The molecular weight excluding hydrogens is 446 g/mol. The highest BCUT2D eigenvalue weighted by Gasteiger charge is 2.20. The molecule has 0 saturated carbocycles. The molecule has 0 amide bonds. The van der Waals surface area contributed by atoms with Crippen molar-refractivity contribution in [2.75, 3.05) is 0 Å². The number of nitrogens with zero attached hydrogens (tertiary/aromatic N) is 1. The van der Waals surface area contributed by atoms with E-state index in [-0.39, 0.29) is 0 Å². The number of carbonyl (C=O) groups is 1. The van der Waals surface area contributed by atoms with E-state index in [4.69, 9.17) is 8.83 Å². The highest BCUT2D eigenvalue weighted by atomic mass is 32.2. The Hall–Kier alpha value is -3.77. The lowest BCUT2D eigenvalue weighted by molar-refractivity contribution is -0.136. The van der Waals surface area contributed by atoms with E-state index in [9.17, 15) is 9.90 Å². The second-order valence-corrected chi connectivity index (χ2v) is 9.39.